The summed E-state index contributed by atoms with van der Waals surface area (Å²) >= 11 is 0. The highest BCUT2D eigenvalue weighted by atomic mass is 16.3. The molecule has 0 aromatic rings. The zero-order valence-electron chi connectivity index (χ0n) is 8.99. The number of hydrogen-bond acceptors (Lipinski definition) is 5. The van der Waals surface area contributed by atoms with E-state index in [1.54, 1.807) is 7.05 Å². The van der Waals surface area contributed by atoms with Crippen molar-refractivity contribution >= 4 is 11.7 Å². The number of nitrogens with two attached hydrogens (primary N) is 1. The maximum absolute atomic E-state index is 11.0. The van der Waals surface area contributed by atoms with Gasteiger partial charge in [-0.25, -0.2) is 5.43 Å². The van der Waals surface area contributed by atoms with E-state index in [2.05, 4.69) is 15.6 Å². The van der Waals surface area contributed by atoms with Crippen molar-refractivity contribution in [1.82, 2.24) is 10.7 Å². The number of nitrogens with one attached hydrogen (secondary N) is 2. The second-order valence-corrected chi connectivity index (χ2v) is 3.06. The van der Waals surface area contributed by atoms with Gasteiger partial charge in [-0.2, -0.15) is 0 Å². The van der Waals surface area contributed by atoms with E-state index in [1.165, 1.54) is 6.92 Å². The summed E-state index contributed by atoms with van der Waals surface area (Å²) in [5, 5.41) is 5.27. The Bertz CT molecular complexity index is 241. The van der Waals surface area contributed by atoms with Crippen LogP contribution in [0.1, 0.15) is 19.8 Å². The SMILES string of the molecule is CNC(CCCN=C(N)NN=O)C(C)=O. The molecule has 0 aromatic heterocycles. The van der Waals surface area contributed by atoms with Gasteiger partial charge >= 0.3 is 0 Å². The maximum atomic E-state index is 11.0. The van der Waals surface area contributed by atoms with E-state index in [-0.39, 0.29) is 17.8 Å². The van der Waals surface area contributed by atoms with Crippen LogP contribution < -0.4 is 16.5 Å². The molecule has 0 radical (unpaired) electrons. The Morgan fingerprint density at radius 3 is 2.67 bits per heavy atom. The average molecular weight is 215 g/mol. The van der Waals surface area contributed by atoms with E-state index in [1.807, 2.05) is 5.43 Å². The number of guanidine groups is 1. The Hall–Kier alpha value is -1.50. The number of aliphatic imine (C=N–C) groups is 1. The zero-order valence-corrected chi connectivity index (χ0v) is 8.99. The molecule has 7 nitrogen and oxygen atoms in total. The summed E-state index contributed by atoms with van der Waals surface area (Å²) in [6.45, 7) is 2.00. The standard InChI is InChI=1S/C8H17N5O2/c1-6(14)7(10-2)4-3-5-11-8(9)12-13-15/h7,10H,3-5H2,1-2H3,(H3,9,11,12,15). The molecule has 0 saturated carbocycles. The van der Waals surface area contributed by atoms with Crippen molar-refractivity contribution < 1.29 is 4.79 Å². The molecule has 0 aliphatic heterocycles. The van der Waals surface area contributed by atoms with Gasteiger partial charge < -0.3 is 11.1 Å². The topological polar surface area (TPSA) is 109 Å². The first-order chi connectivity index (χ1) is 7.11. The fourth-order valence-corrected chi connectivity index (χ4v) is 1.13. The molecule has 0 saturated heterocycles. The molecule has 0 aliphatic rings. The van der Waals surface area contributed by atoms with Crippen LogP contribution in [0.3, 0.4) is 0 Å². The van der Waals surface area contributed by atoms with Crippen LogP contribution in [-0.2, 0) is 4.79 Å². The lowest BCUT2D eigenvalue weighted by molar-refractivity contribution is -0.119. The normalized spacial score (nSPS) is 13.3. The van der Waals surface area contributed by atoms with E-state index in [9.17, 15) is 9.70 Å². The molecular weight excluding hydrogens is 198 g/mol. The number of rotatable bonds is 7. The van der Waals surface area contributed by atoms with Crippen molar-refractivity contribution in [3.8, 4) is 0 Å². The minimum absolute atomic E-state index is 0.00571. The highest BCUT2D eigenvalue weighted by Crippen LogP contribution is 1.98. The Labute approximate surface area is 88.5 Å². The van der Waals surface area contributed by atoms with E-state index < -0.39 is 0 Å². The number of hydrogen-bond donors (Lipinski definition) is 3. The minimum Gasteiger partial charge on any atom is -0.368 e. The van der Waals surface area contributed by atoms with Crippen molar-refractivity contribution in [3.05, 3.63) is 4.91 Å². The fourth-order valence-electron chi connectivity index (χ4n) is 1.13. The van der Waals surface area contributed by atoms with Gasteiger partial charge in [0, 0.05) is 6.54 Å². The summed E-state index contributed by atoms with van der Waals surface area (Å²) in [6.07, 6.45) is 1.41. The van der Waals surface area contributed by atoms with E-state index in [0.717, 1.165) is 0 Å². The van der Waals surface area contributed by atoms with Gasteiger partial charge in [0.1, 0.15) is 5.78 Å². The largest absolute Gasteiger partial charge is 0.368 e. The molecule has 0 spiro atoms. The first kappa shape index (κ1) is 13.5. The summed E-state index contributed by atoms with van der Waals surface area (Å²) in [6, 6.07) is -0.140. The molecule has 1 unspecified atom stereocenters. The fraction of sp³-hybridized carbons (Fsp3) is 0.750. The van der Waals surface area contributed by atoms with E-state index in [0.29, 0.717) is 19.4 Å². The quantitative estimate of drug-likeness (QED) is 0.175. The Balaban J connectivity index is 3.73. The average Bonchev–Trinajstić information content (AvgIpc) is 2.17. The third-order valence-corrected chi connectivity index (χ3v) is 1.93. The first-order valence-corrected chi connectivity index (χ1v) is 4.67. The van der Waals surface area contributed by atoms with Gasteiger partial charge in [0.15, 0.2) is 0 Å². The van der Waals surface area contributed by atoms with E-state index >= 15 is 0 Å². The third kappa shape index (κ3) is 6.55. The molecule has 0 aliphatic carbocycles. The molecule has 86 valence electrons. The lowest BCUT2D eigenvalue weighted by atomic mass is 10.1. The lowest BCUT2D eigenvalue weighted by Crippen LogP contribution is -2.32. The molecule has 0 amide bonds. The first-order valence-electron chi connectivity index (χ1n) is 4.67. The Morgan fingerprint density at radius 1 is 1.53 bits per heavy atom. The lowest BCUT2D eigenvalue weighted by Gasteiger charge is -2.10. The van der Waals surface area contributed by atoms with Crippen LogP contribution in [0, 0.1) is 4.91 Å². The number of carbonyl (C=O) groups is 1. The molecule has 7 heteroatoms. The molecule has 0 aromatic carbocycles. The molecule has 0 fully saturated rings. The van der Waals surface area contributed by atoms with Crippen LogP contribution in [0.2, 0.25) is 0 Å². The summed E-state index contributed by atoms with van der Waals surface area (Å²) in [5.41, 5.74) is 7.24. The number of carbonyl (C=O) groups excluding carboxylic acids is 1. The molecule has 4 N–H and O–H groups in total. The second-order valence-electron chi connectivity index (χ2n) is 3.06. The summed E-state index contributed by atoms with van der Waals surface area (Å²) in [4.78, 5) is 24.6. The number of nitrogens with zero attached hydrogens (tertiary/aromatic N) is 2. The number of ketones is 1. The Morgan fingerprint density at radius 2 is 2.20 bits per heavy atom. The van der Waals surface area contributed by atoms with Gasteiger partial charge in [-0.1, -0.05) is 0 Å². The highest BCUT2D eigenvalue weighted by molar-refractivity contribution is 5.81. The third-order valence-electron chi connectivity index (χ3n) is 1.93. The van der Waals surface area contributed by atoms with Gasteiger partial charge in [0.2, 0.25) is 5.96 Å². The van der Waals surface area contributed by atoms with Crippen LogP contribution in [0.4, 0.5) is 0 Å². The summed E-state index contributed by atoms with van der Waals surface area (Å²) < 4.78 is 0. The molecular formula is C8H17N5O2. The van der Waals surface area contributed by atoms with Crippen LogP contribution in [0.25, 0.3) is 0 Å². The number of Topliss-reactive ketones (excluding diaryl/α,β-unsaturated/α-hetero) is 1. The number of nitroso groups, excluding NO2 is 1. The van der Waals surface area contributed by atoms with Crippen LogP contribution in [0.5, 0.6) is 0 Å². The van der Waals surface area contributed by atoms with Crippen LogP contribution >= 0.6 is 0 Å². The predicted octanol–water partition coefficient (Wildman–Crippen LogP) is -0.471. The highest BCUT2D eigenvalue weighted by Gasteiger charge is 2.09. The molecule has 15 heavy (non-hydrogen) atoms. The summed E-state index contributed by atoms with van der Waals surface area (Å²) in [7, 11) is 1.74. The van der Waals surface area contributed by atoms with Crippen molar-refractivity contribution in [2.45, 2.75) is 25.8 Å². The van der Waals surface area contributed by atoms with Gasteiger partial charge in [-0.15, -0.1) is 4.91 Å². The van der Waals surface area contributed by atoms with Gasteiger partial charge in [0.25, 0.3) is 0 Å². The summed E-state index contributed by atoms with van der Waals surface area (Å²) in [5.74, 6) is 0.0935. The molecule has 0 bridgehead atoms. The van der Waals surface area contributed by atoms with Gasteiger partial charge in [-0.3, -0.25) is 9.79 Å². The Kier molecular flexibility index (Phi) is 7.08. The van der Waals surface area contributed by atoms with Crippen molar-refractivity contribution in [1.29, 1.82) is 0 Å². The predicted molar refractivity (Wildman–Crippen MR) is 58.2 cm³/mol. The van der Waals surface area contributed by atoms with Crippen molar-refractivity contribution in [2.24, 2.45) is 16.0 Å². The smallest absolute Gasteiger partial charge is 0.212 e. The van der Waals surface area contributed by atoms with Crippen molar-refractivity contribution in [2.75, 3.05) is 13.6 Å². The molecule has 0 rings (SSSR count). The van der Waals surface area contributed by atoms with E-state index in [4.69, 9.17) is 5.73 Å². The second kappa shape index (κ2) is 7.86. The van der Waals surface area contributed by atoms with Crippen LogP contribution in [0.15, 0.2) is 10.3 Å². The minimum atomic E-state index is -0.140. The molecule has 0 heterocycles. The zero-order chi connectivity index (χ0) is 11.7. The van der Waals surface area contributed by atoms with Gasteiger partial charge in [0.05, 0.1) is 11.3 Å². The van der Waals surface area contributed by atoms with Crippen LogP contribution in [-0.4, -0.2) is 31.4 Å². The monoisotopic (exact) mass is 215 g/mol. The number of likely N-dealkylation sites (N-methyl/N-ethyl adjacent to an activating group) is 1. The van der Waals surface area contributed by atoms with Crippen molar-refractivity contribution in [3.63, 3.8) is 0 Å². The molecule has 1 atom stereocenters. The van der Waals surface area contributed by atoms with Gasteiger partial charge in [-0.05, 0) is 26.8 Å². The maximum Gasteiger partial charge on any atom is 0.212 e.